The molecular formula is C26H27F3N8O4S. The molecule has 0 saturated carbocycles. The van der Waals surface area contributed by atoms with Crippen molar-refractivity contribution in [3.05, 3.63) is 46.2 Å². The van der Waals surface area contributed by atoms with Gasteiger partial charge in [0.2, 0.25) is 5.88 Å². The first-order valence-electron chi connectivity index (χ1n) is 13.1. The highest BCUT2D eigenvalue weighted by Gasteiger charge is 2.34. The standard InChI is InChI=1S/C26H27F3N8O4S/c1-3-30-24(38)34-20-10-17(23-33-19(13-42-23)26(27,28)29)18(12-31-20)16-9-14(21-35-36-25(39)41-21)11-32-22(16)40-8-6-15-5-4-7-37(15)2/h9-13,15H,3-8H2,1-2H3,(H,36,39)(H2,30,31,34,38). The number of thiazole rings is 1. The molecule has 1 unspecified atom stereocenters. The number of H-pyrrole nitrogens is 1. The van der Waals surface area contributed by atoms with Gasteiger partial charge in [-0.25, -0.2) is 29.6 Å². The summed E-state index contributed by atoms with van der Waals surface area (Å²) in [5.41, 5.74) is 0.205. The highest BCUT2D eigenvalue weighted by atomic mass is 32.1. The summed E-state index contributed by atoms with van der Waals surface area (Å²) in [6, 6.07) is 2.86. The molecule has 5 heterocycles. The van der Waals surface area contributed by atoms with Gasteiger partial charge in [0.25, 0.3) is 5.89 Å². The summed E-state index contributed by atoms with van der Waals surface area (Å²) < 4.78 is 51.6. The van der Waals surface area contributed by atoms with E-state index in [9.17, 15) is 22.8 Å². The topological polar surface area (TPSA) is 151 Å². The van der Waals surface area contributed by atoms with Gasteiger partial charge in [-0.2, -0.15) is 13.2 Å². The number of anilines is 1. The average Bonchev–Trinajstić information content (AvgIpc) is 3.71. The highest BCUT2D eigenvalue weighted by molar-refractivity contribution is 7.13. The number of nitrogens with one attached hydrogen (secondary N) is 3. The minimum Gasteiger partial charge on any atom is -0.477 e. The molecule has 1 aliphatic heterocycles. The van der Waals surface area contributed by atoms with E-state index in [1.807, 2.05) is 0 Å². The van der Waals surface area contributed by atoms with Crippen LogP contribution in [0.3, 0.4) is 0 Å². The molecule has 0 spiro atoms. The molecule has 0 radical (unpaired) electrons. The van der Waals surface area contributed by atoms with E-state index in [4.69, 9.17) is 9.15 Å². The van der Waals surface area contributed by atoms with Crippen molar-refractivity contribution in [3.8, 4) is 39.0 Å². The SMILES string of the molecule is CCNC(=O)Nc1cc(-c2nc(C(F)(F)F)cs2)c(-c2cc(-c3n[nH]c(=O)o3)cnc2OCCC2CCCN2C)cn1. The van der Waals surface area contributed by atoms with Crippen molar-refractivity contribution in [2.45, 2.75) is 38.4 Å². The quantitative estimate of drug-likeness (QED) is 0.248. The molecule has 4 aromatic rings. The second-order valence-corrected chi connectivity index (χ2v) is 10.4. The number of aromatic nitrogens is 5. The number of ether oxygens (including phenoxy) is 1. The van der Waals surface area contributed by atoms with Crippen molar-refractivity contribution in [2.75, 3.05) is 32.1 Å². The van der Waals surface area contributed by atoms with Gasteiger partial charge < -0.3 is 19.4 Å². The fourth-order valence-corrected chi connectivity index (χ4v) is 5.49. The summed E-state index contributed by atoms with van der Waals surface area (Å²) in [6.45, 7) is 3.44. The van der Waals surface area contributed by atoms with Crippen LogP contribution in [-0.4, -0.2) is 68.9 Å². The molecule has 42 heavy (non-hydrogen) atoms. The van der Waals surface area contributed by atoms with Gasteiger partial charge >= 0.3 is 18.0 Å². The third-order valence-electron chi connectivity index (χ3n) is 6.70. The second-order valence-electron chi connectivity index (χ2n) is 9.54. The number of likely N-dealkylation sites (tertiary alicyclic amines) is 1. The van der Waals surface area contributed by atoms with Gasteiger partial charge in [-0.05, 0) is 51.9 Å². The van der Waals surface area contributed by atoms with Gasteiger partial charge in [-0.3, -0.25) is 5.32 Å². The van der Waals surface area contributed by atoms with Crippen LogP contribution < -0.4 is 21.1 Å². The second kappa shape index (κ2) is 12.3. The van der Waals surface area contributed by atoms with Crippen molar-refractivity contribution in [2.24, 2.45) is 0 Å². The van der Waals surface area contributed by atoms with E-state index in [1.54, 1.807) is 13.0 Å². The minimum atomic E-state index is -4.65. The number of halogens is 3. The fourth-order valence-electron chi connectivity index (χ4n) is 4.63. The third kappa shape index (κ3) is 6.60. The van der Waals surface area contributed by atoms with Crippen molar-refractivity contribution < 1.29 is 27.1 Å². The maximum atomic E-state index is 13.5. The van der Waals surface area contributed by atoms with E-state index < -0.39 is 23.7 Å². The predicted molar refractivity (Wildman–Crippen MR) is 148 cm³/mol. The Morgan fingerprint density at radius 2 is 2.07 bits per heavy atom. The van der Waals surface area contributed by atoms with E-state index in [0.717, 1.165) is 42.5 Å². The zero-order chi connectivity index (χ0) is 29.9. The molecule has 16 heteroatoms. The summed E-state index contributed by atoms with van der Waals surface area (Å²) in [6.07, 6.45) is 1.07. The van der Waals surface area contributed by atoms with E-state index in [-0.39, 0.29) is 28.2 Å². The van der Waals surface area contributed by atoms with Crippen LogP contribution in [0.1, 0.15) is 31.9 Å². The van der Waals surface area contributed by atoms with Crippen molar-refractivity contribution >= 4 is 23.2 Å². The average molecular weight is 605 g/mol. The summed E-state index contributed by atoms with van der Waals surface area (Å²) in [4.78, 5) is 38.6. The van der Waals surface area contributed by atoms with Gasteiger partial charge in [0.05, 0.1) is 12.2 Å². The highest BCUT2D eigenvalue weighted by Crippen LogP contribution is 2.41. The zero-order valence-corrected chi connectivity index (χ0v) is 23.4. The van der Waals surface area contributed by atoms with E-state index >= 15 is 0 Å². The van der Waals surface area contributed by atoms with E-state index in [2.05, 4.69) is 47.7 Å². The number of alkyl halides is 3. The van der Waals surface area contributed by atoms with Gasteiger partial charge in [-0.15, -0.1) is 16.4 Å². The van der Waals surface area contributed by atoms with Crippen LogP contribution in [0.2, 0.25) is 0 Å². The van der Waals surface area contributed by atoms with Gasteiger partial charge in [0.1, 0.15) is 10.8 Å². The lowest BCUT2D eigenvalue weighted by molar-refractivity contribution is -0.140. The van der Waals surface area contributed by atoms with Crippen LogP contribution in [0.4, 0.5) is 23.8 Å². The molecule has 3 N–H and O–H groups in total. The molecule has 0 bridgehead atoms. The molecule has 12 nitrogen and oxygen atoms in total. The molecular weight excluding hydrogens is 577 g/mol. The van der Waals surface area contributed by atoms with Gasteiger partial charge in [0, 0.05) is 47.1 Å². The Balaban J connectivity index is 1.59. The summed E-state index contributed by atoms with van der Waals surface area (Å²) in [5.74, 6) is -0.515. The Bertz CT molecular complexity index is 1620. The van der Waals surface area contributed by atoms with Gasteiger partial charge in [0.15, 0.2) is 5.69 Å². The Morgan fingerprint density at radius 3 is 2.74 bits per heavy atom. The number of hydrogen-bond donors (Lipinski definition) is 3. The molecule has 0 aromatic carbocycles. The molecule has 1 fully saturated rings. The van der Waals surface area contributed by atoms with Crippen molar-refractivity contribution in [1.82, 2.24) is 35.4 Å². The number of carbonyl (C=O) groups excluding carboxylic acids is 1. The number of amides is 2. The zero-order valence-electron chi connectivity index (χ0n) is 22.6. The Kier molecular flexibility index (Phi) is 8.54. The predicted octanol–water partition coefficient (Wildman–Crippen LogP) is 4.63. The normalized spacial score (nSPS) is 15.6. The lowest BCUT2D eigenvalue weighted by atomic mass is 10.0. The third-order valence-corrected chi connectivity index (χ3v) is 7.57. The monoisotopic (exact) mass is 604 g/mol. The molecule has 1 atom stereocenters. The molecule has 2 amide bonds. The van der Waals surface area contributed by atoms with Crippen LogP contribution in [-0.2, 0) is 6.18 Å². The lowest BCUT2D eigenvalue weighted by Crippen LogP contribution is -2.28. The van der Waals surface area contributed by atoms with Crippen LogP contribution in [0, 0.1) is 0 Å². The number of aromatic amines is 1. The summed E-state index contributed by atoms with van der Waals surface area (Å²) in [7, 11) is 2.06. The van der Waals surface area contributed by atoms with Crippen LogP contribution in [0.15, 0.2) is 39.1 Å². The number of hydrogen-bond acceptors (Lipinski definition) is 10. The molecule has 5 rings (SSSR count). The first kappa shape index (κ1) is 29.2. The Hall–Kier alpha value is -4.31. The molecule has 0 aliphatic carbocycles. The summed E-state index contributed by atoms with van der Waals surface area (Å²) >= 11 is 0.790. The van der Waals surface area contributed by atoms with Crippen LogP contribution in [0.5, 0.6) is 5.88 Å². The Labute approximate surface area is 241 Å². The number of urea groups is 1. The molecule has 1 aliphatic rings. The van der Waals surface area contributed by atoms with Crippen LogP contribution in [0.25, 0.3) is 33.2 Å². The summed E-state index contributed by atoms with van der Waals surface area (Å²) in [5, 5.41) is 12.1. The smallest absolute Gasteiger partial charge is 0.434 e. The van der Waals surface area contributed by atoms with Gasteiger partial charge in [-0.1, -0.05) is 0 Å². The van der Waals surface area contributed by atoms with E-state index in [1.165, 1.54) is 18.5 Å². The molecule has 222 valence electrons. The Morgan fingerprint density at radius 1 is 1.24 bits per heavy atom. The number of nitrogens with zero attached hydrogens (tertiary/aromatic N) is 5. The number of carbonyl (C=O) groups is 1. The lowest BCUT2D eigenvalue weighted by Gasteiger charge is -2.20. The van der Waals surface area contributed by atoms with E-state index in [0.29, 0.717) is 35.9 Å². The molecule has 4 aromatic heterocycles. The van der Waals surface area contributed by atoms with Crippen molar-refractivity contribution in [3.63, 3.8) is 0 Å². The molecule has 1 saturated heterocycles. The maximum Gasteiger partial charge on any atom is 0.434 e. The van der Waals surface area contributed by atoms with Crippen LogP contribution >= 0.6 is 11.3 Å². The minimum absolute atomic E-state index is 0.0360. The van der Waals surface area contributed by atoms with Crippen molar-refractivity contribution in [1.29, 1.82) is 0 Å². The fraction of sp³-hybridized carbons (Fsp3) is 0.385. The first-order chi connectivity index (χ1) is 20.1. The largest absolute Gasteiger partial charge is 0.477 e. The number of rotatable bonds is 9. The first-order valence-corrected chi connectivity index (χ1v) is 14.0. The number of pyridine rings is 2. The maximum absolute atomic E-state index is 13.5.